The summed E-state index contributed by atoms with van der Waals surface area (Å²) in [5, 5.41) is 2.84. The van der Waals surface area contributed by atoms with Gasteiger partial charge in [0.15, 0.2) is 0 Å². The molecule has 1 aromatic carbocycles. The maximum absolute atomic E-state index is 12.6. The lowest BCUT2D eigenvalue weighted by atomic mass is 10.0. The fourth-order valence-corrected chi connectivity index (χ4v) is 3.61. The highest BCUT2D eigenvalue weighted by molar-refractivity contribution is 8.00. The van der Waals surface area contributed by atoms with Crippen LogP contribution in [-0.4, -0.2) is 35.5 Å². The van der Waals surface area contributed by atoms with Crippen molar-refractivity contribution in [1.82, 2.24) is 10.3 Å². The largest absolute Gasteiger partial charge is 0.446 e. The van der Waals surface area contributed by atoms with Crippen LogP contribution in [0.25, 0.3) is 0 Å². The van der Waals surface area contributed by atoms with Crippen molar-refractivity contribution >= 4 is 23.5 Å². The number of alkyl halides is 6. The molecular formula is C19H17F6N3OS. The number of piperidine rings is 1. The van der Waals surface area contributed by atoms with Gasteiger partial charge in [-0.25, -0.2) is 4.98 Å². The van der Waals surface area contributed by atoms with E-state index in [4.69, 9.17) is 0 Å². The third kappa shape index (κ3) is 6.04. The summed E-state index contributed by atoms with van der Waals surface area (Å²) in [5.41, 5.74) is -4.94. The van der Waals surface area contributed by atoms with Crippen molar-refractivity contribution in [2.75, 3.05) is 18.0 Å². The van der Waals surface area contributed by atoms with Gasteiger partial charge in [-0.2, -0.15) is 26.3 Å². The molecule has 3 rings (SSSR count). The lowest BCUT2D eigenvalue weighted by Gasteiger charge is -2.33. The van der Waals surface area contributed by atoms with E-state index in [1.807, 2.05) is 4.90 Å². The maximum Gasteiger partial charge on any atom is 0.446 e. The summed E-state index contributed by atoms with van der Waals surface area (Å²) in [5.74, 6) is 0.0511. The van der Waals surface area contributed by atoms with E-state index in [9.17, 15) is 31.1 Å². The Hall–Kier alpha value is -2.43. The molecule has 1 saturated heterocycles. The van der Waals surface area contributed by atoms with Crippen molar-refractivity contribution in [3.05, 3.63) is 53.7 Å². The molecule has 2 heterocycles. The molecule has 30 heavy (non-hydrogen) atoms. The highest BCUT2D eigenvalue weighted by atomic mass is 32.2. The molecule has 0 unspecified atom stereocenters. The van der Waals surface area contributed by atoms with E-state index in [0.717, 1.165) is 12.3 Å². The van der Waals surface area contributed by atoms with Crippen LogP contribution < -0.4 is 10.2 Å². The summed E-state index contributed by atoms with van der Waals surface area (Å²) in [6.07, 6.45) is -2.51. The highest BCUT2D eigenvalue weighted by Gasteiger charge is 2.31. The first-order valence-electron chi connectivity index (χ1n) is 8.96. The number of aromatic nitrogens is 1. The van der Waals surface area contributed by atoms with E-state index in [1.54, 1.807) is 0 Å². The van der Waals surface area contributed by atoms with Crippen LogP contribution in [0.3, 0.4) is 0 Å². The van der Waals surface area contributed by atoms with Crippen LogP contribution >= 0.6 is 11.8 Å². The monoisotopic (exact) mass is 449 g/mol. The Kier molecular flexibility index (Phi) is 6.49. The molecule has 0 radical (unpaired) electrons. The average molecular weight is 449 g/mol. The van der Waals surface area contributed by atoms with Crippen molar-refractivity contribution in [3.8, 4) is 0 Å². The van der Waals surface area contributed by atoms with E-state index in [2.05, 4.69) is 10.3 Å². The van der Waals surface area contributed by atoms with Gasteiger partial charge in [0.2, 0.25) is 0 Å². The van der Waals surface area contributed by atoms with Gasteiger partial charge in [0, 0.05) is 35.8 Å². The zero-order valence-corrected chi connectivity index (χ0v) is 16.2. The van der Waals surface area contributed by atoms with Crippen molar-refractivity contribution in [1.29, 1.82) is 0 Å². The lowest BCUT2D eigenvalue weighted by molar-refractivity contribution is -0.137. The standard InChI is InChI=1S/C19H17F6N3OS/c20-18(21,22)13-3-6-16(26-11-13)28-9-7-14(8-10-28)27-17(29)12-1-4-15(5-2-12)30-19(23,24)25/h1-6,11,14H,7-10H2,(H,27,29). The maximum atomic E-state index is 12.6. The molecule has 0 spiro atoms. The normalized spacial score (nSPS) is 15.9. The lowest BCUT2D eigenvalue weighted by Crippen LogP contribution is -2.45. The van der Waals surface area contributed by atoms with Gasteiger partial charge >= 0.3 is 11.7 Å². The van der Waals surface area contributed by atoms with Crippen molar-refractivity contribution < 1.29 is 31.1 Å². The number of thioether (sulfide) groups is 1. The number of amides is 1. The fraction of sp³-hybridized carbons (Fsp3) is 0.368. The molecule has 162 valence electrons. The van der Waals surface area contributed by atoms with Gasteiger partial charge in [0.1, 0.15) is 5.82 Å². The Morgan fingerprint density at radius 2 is 1.63 bits per heavy atom. The first-order chi connectivity index (χ1) is 14.0. The zero-order chi connectivity index (χ0) is 21.9. The van der Waals surface area contributed by atoms with E-state index < -0.39 is 17.2 Å². The van der Waals surface area contributed by atoms with E-state index >= 15 is 0 Å². The Balaban J connectivity index is 1.51. The second-order valence-electron chi connectivity index (χ2n) is 6.71. The molecule has 1 aliphatic rings. The number of pyridine rings is 1. The molecule has 0 aliphatic carbocycles. The van der Waals surface area contributed by atoms with Gasteiger partial charge in [0.05, 0.1) is 5.56 Å². The average Bonchev–Trinajstić information content (AvgIpc) is 2.67. The minimum Gasteiger partial charge on any atom is -0.356 e. The SMILES string of the molecule is O=C(NC1CCN(c2ccc(C(F)(F)F)cn2)CC1)c1ccc(SC(F)(F)F)cc1. The summed E-state index contributed by atoms with van der Waals surface area (Å²) in [6.45, 7) is 1.01. The number of nitrogens with zero attached hydrogens (tertiary/aromatic N) is 2. The first kappa shape index (κ1) is 22.3. The number of carbonyl (C=O) groups excluding carboxylic acids is 1. The van der Waals surface area contributed by atoms with Crippen LogP contribution in [-0.2, 0) is 6.18 Å². The second kappa shape index (κ2) is 8.75. The van der Waals surface area contributed by atoms with Crippen LogP contribution in [0.1, 0.15) is 28.8 Å². The molecule has 1 N–H and O–H groups in total. The predicted octanol–water partition coefficient (Wildman–Crippen LogP) is 5.11. The molecule has 1 amide bonds. The third-order valence-corrected chi connectivity index (χ3v) is 5.32. The summed E-state index contributed by atoms with van der Waals surface area (Å²) in [6, 6.07) is 7.32. The molecule has 0 atom stereocenters. The van der Waals surface area contributed by atoms with Gasteiger partial charge < -0.3 is 10.2 Å². The van der Waals surface area contributed by atoms with Crippen molar-refractivity contribution in [3.63, 3.8) is 0 Å². The Morgan fingerprint density at radius 3 is 2.13 bits per heavy atom. The molecule has 0 saturated carbocycles. The number of hydrogen-bond acceptors (Lipinski definition) is 4. The van der Waals surface area contributed by atoms with E-state index in [1.165, 1.54) is 30.3 Å². The van der Waals surface area contributed by atoms with E-state index in [0.29, 0.717) is 31.7 Å². The Morgan fingerprint density at radius 1 is 1.00 bits per heavy atom. The Labute approximate surface area is 172 Å². The Bertz CT molecular complexity index is 860. The smallest absolute Gasteiger partial charge is 0.356 e. The molecular weight excluding hydrogens is 432 g/mol. The highest BCUT2D eigenvalue weighted by Crippen LogP contribution is 2.36. The number of halogens is 6. The third-order valence-electron chi connectivity index (χ3n) is 4.58. The van der Waals surface area contributed by atoms with E-state index in [-0.39, 0.29) is 34.2 Å². The number of carbonyl (C=O) groups is 1. The minimum absolute atomic E-state index is 0.00333. The molecule has 4 nitrogen and oxygen atoms in total. The van der Waals surface area contributed by atoms with Crippen LogP contribution in [0, 0.1) is 0 Å². The summed E-state index contributed by atoms with van der Waals surface area (Å²) < 4.78 is 75.0. The predicted molar refractivity (Wildman–Crippen MR) is 100 cm³/mol. The van der Waals surface area contributed by atoms with Crippen LogP contribution in [0.4, 0.5) is 32.2 Å². The zero-order valence-electron chi connectivity index (χ0n) is 15.4. The molecule has 1 aromatic heterocycles. The van der Waals surface area contributed by atoms with Gasteiger partial charge in [-0.05, 0) is 61.0 Å². The number of rotatable bonds is 4. The van der Waals surface area contributed by atoms with Crippen molar-refractivity contribution in [2.24, 2.45) is 0 Å². The van der Waals surface area contributed by atoms with Gasteiger partial charge in [0.25, 0.3) is 5.91 Å². The van der Waals surface area contributed by atoms with Crippen molar-refractivity contribution in [2.45, 2.75) is 35.5 Å². The van der Waals surface area contributed by atoms with Crippen LogP contribution in [0.5, 0.6) is 0 Å². The van der Waals surface area contributed by atoms with Crippen LogP contribution in [0.15, 0.2) is 47.5 Å². The van der Waals surface area contributed by atoms with Gasteiger partial charge in [-0.3, -0.25) is 4.79 Å². The quantitative estimate of drug-likeness (QED) is 0.521. The molecule has 1 aliphatic heterocycles. The molecule has 11 heteroatoms. The topological polar surface area (TPSA) is 45.2 Å². The molecule has 0 bridgehead atoms. The number of nitrogens with one attached hydrogen (secondary N) is 1. The van der Waals surface area contributed by atoms with Gasteiger partial charge in [-0.15, -0.1) is 0 Å². The summed E-state index contributed by atoms with van der Waals surface area (Å²) in [4.78, 5) is 18.0. The second-order valence-corrected chi connectivity index (χ2v) is 7.85. The summed E-state index contributed by atoms with van der Waals surface area (Å²) in [7, 11) is 0. The first-order valence-corrected chi connectivity index (χ1v) is 9.78. The molecule has 1 fully saturated rings. The number of hydrogen-bond donors (Lipinski definition) is 1. The summed E-state index contributed by atoms with van der Waals surface area (Å²) >= 11 is -0.248. The molecule has 2 aromatic rings. The number of anilines is 1. The number of benzene rings is 1. The minimum atomic E-state index is -4.44. The van der Waals surface area contributed by atoms with Crippen LogP contribution in [0.2, 0.25) is 0 Å². The van der Waals surface area contributed by atoms with Gasteiger partial charge in [-0.1, -0.05) is 0 Å². The fourth-order valence-electron chi connectivity index (χ4n) is 3.07.